The molecule has 0 aromatic carbocycles. The second-order valence-corrected chi connectivity index (χ2v) is 19.1. The molecule has 3 atom stereocenters. The third kappa shape index (κ3) is 45.1. The summed E-state index contributed by atoms with van der Waals surface area (Å²) >= 11 is 0. The molecular weight excluding hydrogens is 739 g/mol. The Bertz CT molecular complexity index is 848. The fourth-order valence-electron chi connectivity index (χ4n) is 8.87. The Morgan fingerprint density at radius 1 is 0.400 bits per heavy atom. The van der Waals surface area contributed by atoms with E-state index in [0.717, 1.165) is 38.5 Å². The molecule has 3 unspecified atom stereocenters. The van der Waals surface area contributed by atoms with Crippen LogP contribution in [0.2, 0.25) is 0 Å². The Morgan fingerprint density at radius 2 is 0.667 bits per heavy atom. The van der Waals surface area contributed by atoms with E-state index in [1.807, 2.05) is 0 Å². The molecule has 60 heavy (non-hydrogen) atoms. The van der Waals surface area contributed by atoms with E-state index in [2.05, 4.69) is 31.3 Å². The van der Waals surface area contributed by atoms with Crippen molar-refractivity contribution in [2.75, 3.05) is 6.61 Å². The third-order valence-corrected chi connectivity index (χ3v) is 13.1. The van der Waals surface area contributed by atoms with Crippen LogP contribution in [0.3, 0.4) is 0 Å². The lowest BCUT2D eigenvalue weighted by molar-refractivity contribution is -0.124. The molecule has 358 valence electrons. The first-order valence-corrected chi connectivity index (χ1v) is 27.5. The lowest BCUT2D eigenvalue weighted by Crippen LogP contribution is -2.50. The van der Waals surface area contributed by atoms with Crippen LogP contribution in [0.15, 0.2) is 12.2 Å². The molecule has 0 aromatic heterocycles. The van der Waals surface area contributed by atoms with Crippen molar-refractivity contribution < 1.29 is 20.1 Å². The van der Waals surface area contributed by atoms with E-state index in [4.69, 9.17) is 0 Å². The van der Waals surface area contributed by atoms with Crippen LogP contribution in [0.4, 0.5) is 0 Å². The molecule has 4 N–H and O–H groups in total. The molecule has 5 nitrogen and oxygen atoms in total. The van der Waals surface area contributed by atoms with Crippen molar-refractivity contribution in [1.82, 2.24) is 5.32 Å². The molecular formula is C55H109NO4. The van der Waals surface area contributed by atoms with E-state index in [1.165, 1.54) is 244 Å². The minimum Gasteiger partial charge on any atom is -0.394 e. The molecule has 0 aliphatic heterocycles. The van der Waals surface area contributed by atoms with Crippen LogP contribution in [0.25, 0.3) is 0 Å². The molecule has 5 heteroatoms. The molecule has 0 bridgehead atoms. The average molecular weight is 848 g/mol. The van der Waals surface area contributed by atoms with Crippen molar-refractivity contribution in [1.29, 1.82) is 0 Å². The first kappa shape index (κ1) is 59.1. The number of nitrogens with one attached hydrogen (secondary N) is 1. The number of allylic oxidation sites excluding steroid dienone is 2. The van der Waals surface area contributed by atoms with Gasteiger partial charge in [-0.3, -0.25) is 4.79 Å². The summed E-state index contributed by atoms with van der Waals surface area (Å²) in [6, 6.07) is -0.822. The maximum atomic E-state index is 12.5. The minimum absolute atomic E-state index is 0.147. The highest BCUT2D eigenvalue weighted by Gasteiger charge is 2.26. The Balaban J connectivity index is 3.54. The zero-order valence-corrected chi connectivity index (χ0v) is 40.9. The van der Waals surface area contributed by atoms with Gasteiger partial charge in [0.15, 0.2) is 0 Å². The predicted octanol–water partition coefficient (Wildman–Crippen LogP) is 16.7. The largest absolute Gasteiger partial charge is 0.394 e. The van der Waals surface area contributed by atoms with Crippen molar-refractivity contribution >= 4 is 5.91 Å². The molecule has 0 radical (unpaired) electrons. The number of aliphatic hydroxyl groups excluding tert-OH is 3. The van der Waals surface area contributed by atoms with Crippen molar-refractivity contribution in [3.05, 3.63) is 12.2 Å². The molecule has 0 spiro atoms. The smallest absolute Gasteiger partial charge is 0.220 e. The molecule has 0 heterocycles. The molecule has 0 rings (SSSR count). The third-order valence-electron chi connectivity index (χ3n) is 13.1. The van der Waals surface area contributed by atoms with Crippen LogP contribution in [-0.2, 0) is 4.79 Å². The van der Waals surface area contributed by atoms with Gasteiger partial charge < -0.3 is 20.6 Å². The van der Waals surface area contributed by atoms with E-state index in [-0.39, 0.29) is 12.5 Å². The van der Waals surface area contributed by atoms with Gasteiger partial charge in [-0.1, -0.05) is 276 Å². The average Bonchev–Trinajstić information content (AvgIpc) is 3.25. The second kappa shape index (κ2) is 50.7. The number of unbranched alkanes of at least 4 members (excludes halogenated alkanes) is 41. The van der Waals surface area contributed by atoms with Crippen LogP contribution in [-0.4, -0.2) is 46.1 Å². The predicted molar refractivity (Wildman–Crippen MR) is 264 cm³/mol. The zero-order chi connectivity index (χ0) is 43.7. The van der Waals surface area contributed by atoms with Crippen LogP contribution in [0.5, 0.6) is 0 Å². The van der Waals surface area contributed by atoms with Crippen LogP contribution < -0.4 is 5.32 Å². The van der Waals surface area contributed by atoms with Gasteiger partial charge in [-0.2, -0.15) is 0 Å². The maximum Gasteiger partial charge on any atom is 0.220 e. The van der Waals surface area contributed by atoms with Crippen LogP contribution in [0.1, 0.15) is 309 Å². The number of rotatable bonds is 51. The molecule has 0 fully saturated rings. The number of carbonyl (C=O) groups is 1. The summed E-state index contributed by atoms with van der Waals surface area (Å²) < 4.78 is 0. The summed E-state index contributed by atoms with van der Waals surface area (Å²) in [6.07, 6.45) is 62.2. The fourth-order valence-corrected chi connectivity index (χ4v) is 8.87. The molecule has 0 saturated heterocycles. The summed E-state index contributed by atoms with van der Waals surface area (Å²) in [7, 11) is 0. The van der Waals surface area contributed by atoms with Gasteiger partial charge in [0.2, 0.25) is 5.91 Å². The van der Waals surface area contributed by atoms with E-state index in [9.17, 15) is 20.1 Å². The highest BCUT2D eigenvalue weighted by atomic mass is 16.3. The Kier molecular flexibility index (Phi) is 50.0. The van der Waals surface area contributed by atoms with E-state index in [0.29, 0.717) is 12.8 Å². The summed E-state index contributed by atoms with van der Waals surface area (Å²) in [5.41, 5.74) is 0. The zero-order valence-electron chi connectivity index (χ0n) is 40.9. The van der Waals surface area contributed by atoms with Crippen LogP contribution in [0, 0.1) is 0 Å². The summed E-state index contributed by atoms with van der Waals surface area (Å²) in [6.45, 7) is 4.21. The molecule has 0 aromatic rings. The maximum absolute atomic E-state index is 12.5. The van der Waals surface area contributed by atoms with Gasteiger partial charge >= 0.3 is 0 Å². The normalized spacial score (nSPS) is 13.3. The highest BCUT2D eigenvalue weighted by Crippen LogP contribution is 2.18. The van der Waals surface area contributed by atoms with Crippen molar-refractivity contribution in [2.24, 2.45) is 0 Å². The van der Waals surface area contributed by atoms with Gasteiger partial charge in [0.25, 0.3) is 0 Å². The lowest BCUT2D eigenvalue weighted by Gasteiger charge is -2.26. The minimum atomic E-state index is -1.16. The van der Waals surface area contributed by atoms with Crippen molar-refractivity contribution in [3.63, 3.8) is 0 Å². The molecule has 0 aliphatic rings. The van der Waals surface area contributed by atoms with Gasteiger partial charge in [-0.15, -0.1) is 0 Å². The number of amides is 1. The molecule has 0 aliphatic carbocycles. The van der Waals surface area contributed by atoms with Gasteiger partial charge in [-0.25, -0.2) is 0 Å². The Morgan fingerprint density at radius 3 is 0.967 bits per heavy atom. The lowest BCUT2D eigenvalue weighted by atomic mass is 10.0. The topological polar surface area (TPSA) is 89.8 Å². The standard InChI is InChI=1S/C55H109NO4/c1-3-5-7-9-11-13-15-17-19-21-23-25-26-27-28-30-32-34-36-38-40-42-44-46-48-50-54(59)56-52(51-57)55(60)53(58)49-47-45-43-41-39-37-35-33-31-29-24-22-20-18-16-14-12-10-8-6-4-2/h41,43,52-53,55,57-58,60H,3-40,42,44-51H2,1-2H3,(H,56,59)/b43-41+. The Labute approximate surface area is 376 Å². The fraction of sp³-hybridized carbons (Fsp3) is 0.945. The van der Waals surface area contributed by atoms with E-state index >= 15 is 0 Å². The SMILES string of the molecule is CCCCCCCCCCCCCCCCCC/C=C/CCCC(O)C(O)C(CO)NC(=O)CCCCCCCCCCCCCCCCCCCCCCCCCCC. The van der Waals surface area contributed by atoms with E-state index in [1.54, 1.807) is 0 Å². The number of carbonyl (C=O) groups excluding carboxylic acids is 1. The van der Waals surface area contributed by atoms with E-state index < -0.39 is 18.2 Å². The Hall–Kier alpha value is -0.910. The quantitative estimate of drug-likeness (QED) is 0.0363. The van der Waals surface area contributed by atoms with Gasteiger partial charge in [0, 0.05) is 6.42 Å². The van der Waals surface area contributed by atoms with Crippen molar-refractivity contribution in [2.45, 2.75) is 327 Å². The van der Waals surface area contributed by atoms with Gasteiger partial charge in [0.1, 0.15) is 6.10 Å². The molecule has 1 amide bonds. The number of hydrogen-bond acceptors (Lipinski definition) is 4. The van der Waals surface area contributed by atoms with Crippen LogP contribution >= 0.6 is 0 Å². The summed E-state index contributed by atoms with van der Waals surface area (Å²) in [5, 5.41) is 33.7. The first-order valence-electron chi connectivity index (χ1n) is 27.5. The highest BCUT2D eigenvalue weighted by molar-refractivity contribution is 5.76. The van der Waals surface area contributed by atoms with Gasteiger partial charge in [-0.05, 0) is 38.5 Å². The van der Waals surface area contributed by atoms with Gasteiger partial charge in [0.05, 0.1) is 18.8 Å². The summed E-state index contributed by atoms with van der Waals surface area (Å²) in [4.78, 5) is 12.5. The molecule has 0 saturated carbocycles. The summed E-state index contributed by atoms with van der Waals surface area (Å²) in [5.74, 6) is -0.147. The second-order valence-electron chi connectivity index (χ2n) is 19.1. The number of hydrogen-bond donors (Lipinski definition) is 4. The number of aliphatic hydroxyl groups is 3. The van der Waals surface area contributed by atoms with Crippen molar-refractivity contribution in [3.8, 4) is 0 Å². The first-order chi connectivity index (χ1) is 29.6. The monoisotopic (exact) mass is 848 g/mol.